The van der Waals surface area contributed by atoms with Crippen molar-refractivity contribution in [3.63, 3.8) is 0 Å². The molecule has 2 N–H and O–H groups in total. The second kappa shape index (κ2) is 6.42. The van der Waals surface area contributed by atoms with Crippen molar-refractivity contribution in [2.45, 2.75) is 13.3 Å². The smallest absolute Gasteiger partial charge is 0.179 e. The molecule has 0 rings (SSSR count). The highest BCUT2D eigenvalue weighted by atomic mass is 16.5. The Hall–Kier alpha value is -0.700. The van der Waals surface area contributed by atoms with Gasteiger partial charge in [-0.1, -0.05) is 6.92 Å². The molecule has 0 saturated carbocycles. The zero-order chi connectivity index (χ0) is 7.82. The average molecular weight is 144 g/mol. The molecular weight excluding hydrogens is 128 g/mol. The van der Waals surface area contributed by atoms with Crippen LogP contribution >= 0.6 is 0 Å². The van der Waals surface area contributed by atoms with Crippen LogP contribution in [0.5, 0.6) is 0 Å². The summed E-state index contributed by atoms with van der Waals surface area (Å²) in [4.78, 5) is 0. The summed E-state index contributed by atoms with van der Waals surface area (Å²) in [5, 5.41) is 6.09. The molecule has 0 fully saturated rings. The van der Waals surface area contributed by atoms with Gasteiger partial charge in [0.1, 0.15) is 0 Å². The molecule has 0 unspecified atom stereocenters. The SMILES string of the molecule is C=C(NCNCCC)OC. The van der Waals surface area contributed by atoms with Gasteiger partial charge in [0, 0.05) is 0 Å². The summed E-state index contributed by atoms with van der Waals surface area (Å²) in [7, 11) is 1.59. The molecule has 0 aliphatic heterocycles. The second-order valence-corrected chi connectivity index (χ2v) is 1.98. The lowest BCUT2D eigenvalue weighted by Crippen LogP contribution is -2.29. The fraction of sp³-hybridized carbons (Fsp3) is 0.714. The molecule has 10 heavy (non-hydrogen) atoms. The Morgan fingerprint density at radius 1 is 1.60 bits per heavy atom. The number of hydrogen-bond donors (Lipinski definition) is 2. The van der Waals surface area contributed by atoms with Gasteiger partial charge in [-0.3, -0.25) is 5.32 Å². The van der Waals surface area contributed by atoms with Crippen LogP contribution in [-0.2, 0) is 4.74 Å². The van der Waals surface area contributed by atoms with Crippen molar-refractivity contribution in [2.75, 3.05) is 20.3 Å². The van der Waals surface area contributed by atoms with Crippen molar-refractivity contribution >= 4 is 0 Å². The first-order chi connectivity index (χ1) is 4.81. The summed E-state index contributed by atoms with van der Waals surface area (Å²) in [5.41, 5.74) is 0. The van der Waals surface area contributed by atoms with E-state index in [1.54, 1.807) is 7.11 Å². The largest absolute Gasteiger partial charge is 0.483 e. The summed E-state index contributed by atoms with van der Waals surface area (Å²) >= 11 is 0. The predicted molar refractivity (Wildman–Crippen MR) is 42.4 cm³/mol. The third kappa shape index (κ3) is 5.44. The van der Waals surface area contributed by atoms with E-state index in [0.717, 1.165) is 19.6 Å². The highest BCUT2D eigenvalue weighted by Crippen LogP contribution is 1.79. The Morgan fingerprint density at radius 2 is 2.30 bits per heavy atom. The second-order valence-electron chi connectivity index (χ2n) is 1.98. The van der Waals surface area contributed by atoms with Crippen molar-refractivity contribution < 1.29 is 4.74 Å². The first-order valence-electron chi connectivity index (χ1n) is 3.48. The van der Waals surface area contributed by atoms with Gasteiger partial charge in [-0.15, -0.1) is 0 Å². The first kappa shape index (κ1) is 9.30. The van der Waals surface area contributed by atoms with Crippen molar-refractivity contribution in [1.82, 2.24) is 10.6 Å². The van der Waals surface area contributed by atoms with Crippen molar-refractivity contribution in [3.05, 3.63) is 12.5 Å². The Balaban J connectivity index is 2.96. The molecular formula is C7H16N2O. The van der Waals surface area contributed by atoms with Gasteiger partial charge in [0.15, 0.2) is 5.88 Å². The van der Waals surface area contributed by atoms with Crippen LogP contribution in [0, 0.1) is 0 Å². The summed E-state index contributed by atoms with van der Waals surface area (Å²) in [5.74, 6) is 0.601. The molecule has 60 valence electrons. The zero-order valence-electron chi connectivity index (χ0n) is 6.74. The summed E-state index contributed by atoms with van der Waals surface area (Å²) < 4.78 is 4.78. The minimum atomic E-state index is 0.601. The molecule has 0 bridgehead atoms. The quantitative estimate of drug-likeness (QED) is 0.326. The van der Waals surface area contributed by atoms with Gasteiger partial charge in [-0.05, 0) is 19.5 Å². The van der Waals surface area contributed by atoms with Crippen LogP contribution in [0.1, 0.15) is 13.3 Å². The fourth-order valence-electron chi connectivity index (χ4n) is 0.498. The standard InChI is InChI=1S/C7H16N2O/c1-4-5-8-6-9-7(2)10-3/h8-9H,2,4-6H2,1,3H3. The highest BCUT2D eigenvalue weighted by Gasteiger charge is 1.86. The molecule has 0 aromatic rings. The van der Waals surface area contributed by atoms with Crippen LogP contribution < -0.4 is 10.6 Å². The van der Waals surface area contributed by atoms with E-state index in [1.165, 1.54) is 0 Å². The molecule has 0 radical (unpaired) electrons. The minimum absolute atomic E-state index is 0.601. The molecule has 0 heterocycles. The van der Waals surface area contributed by atoms with E-state index in [9.17, 15) is 0 Å². The predicted octanol–water partition coefficient (Wildman–Crippen LogP) is 0.651. The molecule has 0 aliphatic rings. The van der Waals surface area contributed by atoms with E-state index in [0.29, 0.717) is 5.88 Å². The minimum Gasteiger partial charge on any atom is -0.483 e. The fourth-order valence-corrected chi connectivity index (χ4v) is 0.498. The Bertz CT molecular complexity index is 93.6. The molecule has 0 amide bonds. The van der Waals surface area contributed by atoms with Gasteiger partial charge in [0.25, 0.3) is 0 Å². The van der Waals surface area contributed by atoms with Crippen LogP contribution in [0.4, 0.5) is 0 Å². The molecule has 0 spiro atoms. The Morgan fingerprint density at radius 3 is 2.80 bits per heavy atom. The average Bonchev–Trinajstić information content (AvgIpc) is 1.98. The number of rotatable bonds is 6. The van der Waals surface area contributed by atoms with Crippen LogP contribution in [0.3, 0.4) is 0 Å². The van der Waals surface area contributed by atoms with Gasteiger partial charge in [0.2, 0.25) is 0 Å². The zero-order valence-corrected chi connectivity index (χ0v) is 6.74. The molecule has 0 aliphatic carbocycles. The molecule has 0 atom stereocenters. The van der Waals surface area contributed by atoms with Gasteiger partial charge in [-0.25, -0.2) is 0 Å². The first-order valence-corrected chi connectivity index (χ1v) is 3.48. The lowest BCUT2D eigenvalue weighted by molar-refractivity contribution is 0.261. The third-order valence-electron chi connectivity index (χ3n) is 1.08. The van der Waals surface area contributed by atoms with E-state index in [1.807, 2.05) is 0 Å². The maximum absolute atomic E-state index is 4.78. The molecule has 0 saturated heterocycles. The topological polar surface area (TPSA) is 33.3 Å². The van der Waals surface area contributed by atoms with Crippen molar-refractivity contribution in [3.8, 4) is 0 Å². The lowest BCUT2D eigenvalue weighted by Gasteiger charge is -2.07. The van der Waals surface area contributed by atoms with Crippen LogP contribution in [0.15, 0.2) is 12.5 Å². The van der Waals surface area contributed by atoms with Crippen LogP contribution in [-0.4, -0.2) is 20.3 Å². The molecule has 3 nitrogen and oxygen atoms in total. The maximum atomic E-state index is 4.78. The summed E-state index contributed by atoms with van der Waals surface area (Å²) in [6.07, 6.45) is 1.14. The molecule has 3 heteroatoms. The normalized spacial score (nSPS) is 9.00. The van der Waals surface area contributed by atoms with Crippen molar-refractivity contribution in [1.29, 1.82) is 0 Å². The monoisotopic (exact) mass is 144 g/mol. The Labute approximate surface area is 62.5 Å². The van der Waals surface area contributed by atoms with Crippen LogP contribution in [0.2, 0.25) is 0 Å². The Kier molecular flexibility index (Phi) is 5.97. The summed E-state index contributed by atoms with van der Waals surface area (Å²) in [6, 6.07) is 0. The highest BCUT2D eigenvalue weighted by molar-refractivity contribution is 4.76. The number of ether oxygens (including phenoxy) is 1. The lowest BCUT2D eigenvalue weighted by atomic mass is 10.5. The van der Waals surface area contributed by atoms with E-state index in [-0.39, 0.29) is 0 Å². The number of nitrogens with one attached hydrogen (secondary N) is 2. The maximum Gasteiger partial charge on any atom is 0.179 e. The van der Waals surface area contributed by atoms with E-state index >= 15 is 0 Å². The molecule has 0 aromatic carbocycles. The van der Waals surface area contributed by atoms with Gasteiger partial charge in [0.05, 0.1) is 13.8 Å². The van der Waals surface area contributed by atoms with Gasteiger partial charge >= 0.3 is 0 Å². The number of methoxy groups -OCH3 is 1. The van der Waals surface area contributed by atoms with Gasteiger partial charge in [-0.2, -0.15) is 0 Å². The van der Waals surface area contributed by atoms with Crippen molar-refractivity contribution in [2.24, 2.45) is 0 Å². The van der Waals surface area contributed by atoms with Gasteiger partial charge < -0.3 is 10.1 Å². The van der Waals surface area contributed by atoms with E-state index in [2.05, 4.69) is 24.1 Å². The van der Waals surface area contributed by atoms with E-state index < -0.39 is 0 Å². The number of hydrogen-bond acceptors (Lipinski definition) is 3. The van der Waals surface area contributed by atoms with Crippen LogP contribution in [0.25, 0.3) is 0 Å². The summed E-state index contributed by atoms with van der Waals surface area (Å²) in [6.45, 7) is 7.46. The third-order valence-corrected chi connectivity index (χ3v) is 1.08. The molecule has 0 aromatic heterocycles. The van der Waals surface area contributed by atoms with E-state index in [4.69, 9.17) is 4.74 Å².